The number of epoxide rings is 1. The number of ether oxygens (including phenoxy) is 6. The van der Waals surface area contributed by atoms with Crippen molar-refractivity contribution in [3.63, 3.8) is 0 Å². The molecular formula is C46H54O12. The minimum Gasteiger partial charge on any atom is -0.456 e. The van der Waals surface area contributed by atoms with Crippen molar-refractivity contribution in [2.24, 2.45) is 41.4 Å². The Kier molecular flexibility index (Phi) is 8.53. The topological polar surface area (TPSA) is 174 Å². The summed E-state index contributed by atoms with van der Waals surface area (Å²) in [5.74, 6) is -6.12. The van der Waals surface area contributed by atoms with Crippen molar-refractivity contribution in [2.45, 2.75) is 131 Å². The van der Waals surface area contributed by atoms with Crippen molar-refractivity contribution in [2.75, 3.05) is 0 Å². The maximum Gasteiger partial charge on any atom is 0.338 e. The van der Waals surface area contributed by atoms with E-state index in [0.29, 0.717) is 30.4 Å². The molecule has 4 saturated heterocycles. The Morgan fingerprint density at radius 2 is 1.53 bits per heavy atom. The zero-order chi connectivity index (χ0) is 40.8. The van der Waals surface area contributed by atoms with Crippen LogP contribution in [0.5, 0.6) is 0 Å². The van der Waals surface area contributed by atoms with E-state index in [4.69, 9.17) is 28.4 Å². The Balaban J connectivity index is 1.13. The SMILES string of the molecule is CC1CC2C3(O)C1OC(=O)C=CC=CC(OC(=O)c1ccccc1)C1CCC(CC(C)(O)C4(O)C5OC6(c7ccccc7)OC4C(C4OC4(C)C3O)C2(O6)C5C)C1C. The van der Waals surface area contributed by atoms with Crippen molar-refractivity contribution in [1.29, 1.82) is 0 Å². The Morgan fingerprint density at radius 1 is 0.845 bits per heavy atom. The number of hydrogen-bond acceptors (Lipinski definition) is 12. The maximum absolute atomic E-state index is 13.7. The quantitative estimate of drug-likeness (QED) is 0.256. The molecule has 19 atom stereocenters. The monoisotopic (exact) mass is 798 g/mol. The number of aliphatic hydroxyl groups excluding tert-OH is 1. The Hall–Kier alpha value is -3.46. The molecule has 4 aliphatic carbocycles. The molecule has 8 fully saturated rings. The molecule has 19 unspecified atom stereocenters. The summed E-state index contributed by atoms with van der Waals surface area (Å²) in [5.41, 5.74) is -7.62. The van der Waals surface area contributed by atoms with Gasteiger partial charge in [0.1, 0.15) is 47.3 Å². The van der Waals surface area contributed by atoms with Crippen LogP contribution < -0.4 is 0 Å². The molecule has 0 amide bonds. The number of hydrogen-bond donors (Lipinski definition) is 4. The van der Waals surface area contributed by atoms with E-state index in [1.807, 2.05) is 50.2 Å². The minimum atomic E-state index is -2.07. The Labute approximate surface area is 338 Å². The number of rotatable bonds is 3. The summed E-state index contributed by atoms with van der Waals surface area (Å²) in [5, 5.41) is 52.3. The standard InChI is InChI=1S/C46H54O12/c1-24-22-32-43(51)35(24)54-33(47)19-13-12-18-31(53-39(48)27-14-8-6-9-15-27)30-21-20-28(25(30)2)23-41(4,50)45(52)36-26(3)44(32)34(37-42(5,55-37)40(43)49)38(45)57-46(56-36,58-44)29-16-10-7-11-17-29/h6-19,24-26,28,30-32,34-38,40,49-52H,20-23H2,1-5H3. The lowest BCUT2D eigenvalue weighted by Crippen LogP contribution is -2.89. The fourth-order valence-electron chi connectivity index (χ4n) is 13.2. The van der Waals surface area contributed by atoms with Crippen LogP contribution in [0.3, 0.4) is 0 Å². The molecule has 6 aliphatic heterocycles. The van der Waals surface area contributed by atoms with E-state index in [1.165, 1.54) is 12.2 Å². The highest BCUT2D eigenvalue weighted by molar-refractivity contribution is 5.89. The first kappa shape index (κ1) is 38.7. The third-order valence-electron chi connectivity index (χ3n) is 16.1. The van der Waals surface area contributed by atoms with Gasteiger partial charge in [0.15, 0.2) is 0 Å². The molecule has 12 rings (SSSR count). The highest BCUT2D eigenvalue weighted by atomic mass is 16.9. The number of benzene rings is 2. The second-order valence-electron chi connectivity index (χ2n) is 19.0. The summed E-state index contributed by atoms with van der Waals surface area (Å²) in [6.07, 6.45) is 1.70. The van der Waals surface area contributed by atoms with Crippen LogP contribution in [0.2, 0.25) is 0 Å². The van der Waals surface area contributed by atoms with Gasteiger partial charge in [0, 0.05) is 35.3 Å². The van der Waals surface area contributed by atoms with Gasteiger partial charge >= 0.3 is 17.9 Å². The summed E-state index contributed by atoms with van der Waals surface area (Å²) in [7, 11) is 0. The largest absolute Gasteiger partial charge is 0.456 e. The van der Waals surface area contributed by atoms with Crippen molar-refractivity contribution < 1.29 is 58.4 Å². The summed E-state index contributed by atoms with van der Waals surface area (Å²) in [4.78, 5) is 27.2. The van der Waals surface area contributed by atoms with Crippen molar-refractivity contribution in [1.82, 2.24) is 0 Å². The molecule has 2 aromatic rings. The van der Waals surface area contributed by atoms with Gasteiger partial charge in [-0.2, -0.15) is 0 Å². The normalized spacial score (nSPS) is 52.4. The van der Waals surface area contributed by atoms with Gasteiger partial charge in [0.25, 0.3) is 0 Å². The van der Waals surface area contributed by atoms with Gasteiger partial charge in [-0.15, -0.1) is 0 Å². The van der Waals surface area contributed by atoms with Gasteiger partial charge in [0.2, 0.25) is 0 Å². The third kappa shape index (κ3) is 4.97. The molecule has 4 N–H and O–H groups in total. The zero-order valence-electron chi connectivity index (χ0n) is 33.5. The second kappa shape index (κ2) is 12.8. The molecule has 4 saturated carbocycles. The molecular weight excluding hydrogens is 744 g/mol. The fraction of sp³-hybridized carbons (Fsp3) is 0.609. The molecule has 0 radical (unpaired) electrons. The number of carbonyl (C=O) groups is 2. The van der Waals surface area contributed by atoms with Crippen molar-refractivity contribution >= 4 is 11.9 Å². The van der Waals surface area contributed by atoms with Crippen LogP contribution in [0.1, 0.15) is 76.2 Å². The number of fused-ring (bicyclic) bond motifs is 6. The summed E-state index contributed by atoms with van der Waals surface area (Å²) >= 11 is 0. The van der Waals surface area contributed by atoms with E-state index in [-0.39, 0.29) is 24.2 Å². The molecule has 58 heavy (non-hydrogen) atoms. The molecule has 0 aromatic heterocycles. The minimum absolute atomic E-state index is 0.0685. The first-order chi connectivity index (χ1) is 27.5. The third-order valence-corrected chi connectivity index (χ3v) is 16.1. The van der Waals surface area contributed by atoms with E-state index >= 15 is 0 Å². The van der Waals surface area contributed by atoms with E-state index in [1.54, 1.807) is 50.3 Å². The van der Waals surface area contributed by atoms with Crippen LogP contribution in [-0.2, 0) is 39.2 Å². The second-order valence-corrected chi connectivity index (χ2v) is 19.0. The van der Waals surface area contributed by atoms with E-state index in [0.717, 1.165) is 0 Å². The lowest BCUT2D eigenvalue weighted by Gasteiger charge is -2.74. The van der Waals surface area contributed by atoms with Crippen LogP contribution in [0.4, 0.5) is 0 Å². The Morgan fingerprint density at radius 3 is 2.26 bits per heavy atom. The molecule has 6 heterocycles. The number of aliphatic hydroxyl groups is 4. The summed E-state index contributed by atoms with van der Waals surface area (Å²) < 4.78 is 39.9. The van der Waals surface area contributed by atoms with Gasteiger partial charge in [-0.3, -0.25) is 0 Å². The van der Waals surface area contributed by atoms with Crippen molar-refractivity contribution in [3.05, 3.63) is 96.1 Å². The molecule has 12 nitrogen and oxygen atoms in total. The predicted molar refractivity (Wildman–Crippen MR) is 205 cm³/mol. The molecule has 12 heteroatoms. The molecule has 1 spiro atoms. The Bertz CT molecular complexity index is 2040. The van der Waals surface area contributed by atoms with E-state index in [9.17, 15) is 30.0 Å². The lowest BCUT2D eigenvalue weighted by atomic mass is 9.49. The average molecular weight is 799 g/mol. The molecule has 10 aliphatic rings. The smallest absolute Gasteiger partial charge is 0.338 e. The van der Waals surface area contributed by atoms with Gasteiger partial charge in [0.05, 0.1) is 22.9 Å². The average Bonchev–Trinajstić information content (AvgIpc) is 3.68. The van der Waals surface area contributed by atoms with Crippen LogP contribution >= 0.6 is 0 Å². The first-order valence-electron chi connectivity index (χ1n) is 21.0. The van der Waals surface area contributed by atoms with Crippen LogP contribution in [-0.4, -0.2) is 97.0 Å². The summed E-state index contributed by atoms with van der Waals surface area (Å²) in [6, 6.07) is 17.9. The van der Waals surface area contributed by atoms with Crippen LogP contribution in [0.15, 0.2) is 85.0 Å². The lowest BCUT2D eigenvalue weighted by molar-refractivity contribution is -0.595. The van der Waals surface area contributed by atoms with Gasteiger partial charge in [-0.1, -0.05) is 81.5 Å². The van der Waals surface area contributed by atoms with Crippen LogP contribution in [0, 0.1) is 41.4 Å². The highest BCUT2D eigenvalue weighted by Gasteiger charge is 2.90. The zero-order valence-corrected chi connectivity index (χ0v) is 33.5. The predicted octanol–water partition coefficient (Wildman–Crippen LogP) is 4.33. The van der Waals surface area contributed by atoms with Crippen molar-refractivity contribution in [3.8, 4) is 0 Å². The summed E-state index contributed by atoms with van der Waals surface area (Å²) in [6.45, 7) is 9.26. The number of carbonyl (C=O) groups excluding carboxylic acids is 2. The first-order valence-corrected chi connectivity index (χ1v) is 21.0. The number of esters is 2. The molecule has 2 aromatic carbocycles. The number of allylic oxidation sites excluding steroid dienone is 2. The van der Waals surface area contributed by atoms with Gasteiger partial charge < -0.3 is 48.8 Å². The van der Waals surface area contributed by atoms with E-state index < -0.39 is 106 Å². The van der Waals surface area contributed by atoms with Gasteiger partial charge in [-0.25, -0.2) is 9.59 Å². The van der Waals surface area contributed by atoms with Gasteiger partial charge in [-0.05, 0) is 75.5 Å². The molecule has 11 bridgehead atoms. The molecule has 310 valence electrons. The fourth-order valence-corrected chi connectivity index (χ4v) is 13.2. The van der Waals surface area contributed by atoms with E-state index in [2.05, 4.69) is 6.92 Å². The maximum atomic E-state index is 13.7. The highest BCUT2D eigenvalue weighted by Crippen LogP contribution is 2.75. The van der Waals surface area contributed by atoms with Crippen LogP contribution in [0.25, 0.3) is 0 Å².